The summed E-state index contributed by atoms with van der Waals surface area (Å²) < 4.78 is 0. The van der Waals surface area contributed by atoms with Crippen LogP contribution in [0.5, 0.6) is 0 Å². The minimum atomic E-state index is -0.423. The molecule has 0 bridgehead atoms. The van der Waals surface area contributed by atoms with E-state index >= 15 is 0 Å². The molecule has 168 valence electrons. The summed E-state index contributed by atoms with van der Waals surface area (Å²) >= 11 is 0. The van der Waals surface area contributed by atoms with Crippen molar-refractivity contribution in [3.8, 4) is 0 Å². The highest BCUT2D eigenvalue weighted by Crippen LogP contribution is 2.49. The Morgan fingerprint density at radius 1 is 0.529 bits per heavy atom. The third-order valence-corrected chi connectivity index (χ3v) is 6.77. The van der Waals surface area contributed by atoms with Crippen LogP contribution in [0.1, 0.15) is 11.1 Å². The average Bonchev–Trinajstić information content (AvgIpc) is 3.58. The molecular weight excluding hydrogens is 416 g/mol. The van der Waals surface area contributed by atoms with Gasteiger partial charge in [0.05, 0.1) is 6.54 Å². The largest absolute Gasteiger partial charge is 0.367 e. The van der Waals surface area contributed by atoms with E-state index in [0.717, 1.165) is 37.0 Å². The Morgan fingerprint density at radius 3 is 1.47 bits per heavy atom. The Balaban J connectivity index is 1.69. The number of hydrogen-bond donors (Lipinski definition) is 2. The van der Waals surface area contributed by atoms with Crippen molar-refractivity contribution in [2.75, 3.05) is 29.4 Å². The van der Waals surface area contributed by atoms with Crippen molar-refractivity contribution in [1.82, 2.24) is 10.6 Å². The van der Waals surface area contributed by atoms with Crippen LogP contribution in [0.4, 0.5) is 11.4 Å². The SMILES string of the molecule is c1ccc(N2CC(c3ccccc3)(c3ccccc3)N(c3ccccc3)C2=C2NCCN2)cc1. The molecule has 0 amide bonds. The summed E-state index contributed by atoms with van der Waals surface area (Å²) in [7, 11) is 0. The molecule has 0 atom stereocenters. The normalized spacial score (nSPS) is 16.9. The number of hydrogen-bond acceptors (Lipinski definition) is 4. The van der Waals surface area contributed by atoms with Crippen LogP contribution in [0, 0.1) is 0 Å². The van der Waals surface area contributed by atoms with Crippen molar-refractivity contribution in [2.45, 2.75) is 5.54 Å². The van der Waals surface area contributed by atoms with Crippen LogP contribution < -0.4 is 20.4 Å². The predicted octanol–water partition coefficient (Wildman–Crippen LogP) is 5.28. The monoisotopic (exact) mass is 444 g/mol. The first kappa shape index (κ1) is 20.4. The van der Waals surface area contributed by atoms with E-state index in [-0.39, 0.29) is 0 Å². The van der Waals surface area contributed by atoms with Gasteiger partial charge in [0.25, 0.3) is 0 Å². The number of anilines is 2. The first-order valence-corrected chi connectivity index (χ1v) is 11.9. The molecule has 2 aliphatic heterocycles. The van der Waals surface area contributed by atoms with Crippen molar-refractivity contribution in [2.24, 2.45) is 0 Å². The highest BCUT2D eigenvalue weighted by molar-refractivity contribution is 5.72. The molecular formula is C30H28N4. The summed E-state index contributed by atoms with van der Waals surface area (Å²) in [6.07, 6.45) is 0. The van der Waals surface area contributed by atoms with Gasteiger partial charge in [0.15, 0.2) is 5.82 Å². The van der Waals surface area contributed by atoms with Gasteiger partial charge < -0.3 is 20.4 Å². The number of nitrogens with one attached hydrogen (secondary N) is 2. The van der Waals surface area contributed by atoms with E-state index in [0.29, 0.717) is 0 Å². The van der Waals surface area contributed by atoms with Crippen LogP contribution in [-0.4, -0.2) is 19.6 Å². The third-order valence-electron chi connectivity index (χ3n) is 6.77. The zero-order chi connectivity index (χ0) is 22.8. The maximum absolute atomic E-state index is 3.62. The van der Waals surface area contributed by atoms with Crippen LogP contribution in [0.2, 0.25) is 0 Å². The van der Waals surface area contributed by atoms with Gasteiger partial charge in [0.1, 0.15) is 11.4 Å². The maximum atomic E-state index is 3.62. The molecule has 4 aromatic rings. The highest BCUT2D eigenvalue weighted by atomic mass is 15.5. The van der Waals surface area contributed by atoms with E-state index in [4.69, 9.17) is 0 Å². The summed E-state index contributed by atoms with van der Waals surface area (Å²) in [5, 5.41) is 7.25. The Morgan fingerprint density at radius 2 is 0.971 bits per heavy atom. The van der Waals surface area contributed by atoms with Gasteiger partial charge in [-0.15, -0.1) is 0 Å². The standard InChI is InChI=1S/C30H28N4/c1-5-13-24(14-6-1)30(25-15-7-2-8-16-25)23-33(26-17-9-3-10-18-26)29(28-31-21-22-32-28)34(30)27-19-11-4-12-20-27/h1-20,31-32H,21-23H2. The molecule has 4 aromatic carbocycles. The maximum Gasteiger partial charge on any atom is 0.156 e. The first-order chi connectivity index (χ1) is 16.9. The number of para-hydroxylation sites is 2. The molecule has 4 heteroatoms. The quantitative estimate of drug-likeness (QED) is 0.449. The van der Waals surface area contributed by atoms with Gasteiger partial charge in [-0.1, -0.05) is 97.1 Å². The minimum Gasteiger partial charge on any atom is -0.367 e. The topological polar surface area (TPSA) is 30.5 Å². The molecule has 2 heterocycles. The molecule has 4 nitrogen and oxygen atoms in total. The zero-order valence-electron chi connectivity index (χ0n) is 19.1. The lowest BCUT2D eigenvalue weighted by atomic mass is 9.81. The molecule has 0 radical (unpaired) electrons. The van der Waals surface area contributed by atoms with Gasteiger partial charge in [-0.05, 0) is 35.4 Å². The van der Waals surface area contributed by atoms with Crippen molar-refractivity contribution in [3.63, 3.8) is 0 Å². The molecule has 6 rings (SSSR count). The Labute approximate surface area is 201 Å². The molecule has 34 heavy (non-hydrogen) atoms. The lowest BCUT2D eigenvalue weighted by molar-refractivity contribution is 0.579. The van der Waals surface area contributed by atoms with Crippen molar-refractivity contribution >= 4 is 11.4 Å². The molecule has 0 aliphatic carbocycles. The van der Waals surface area contributed by atoms with Gasteiger partial charge >= 0.3 is 0 Å². The van der Waals surface area contributed by atoms with Crippen molar-refractivity contribution < 1.29 is 0 Å². The fourth-order valence-corrected chi connectivity index (χ4v) is 5.29. The fraction of sp³-hybridized carbons (Fsp3) is 0.133. The molecule has 0 spiro atoms. The molecule has 2 aliphatic rings. The van der Waals surface area contributed by atoms with Gasteiger partial charge in [-0.3, -0.25) is 0 Å². The van der Waals surface area contributed by atoms with E-state index in [9.17, 15) is 0 Å². The van der Waals surface area contributed by atoms with Crippen LogP contribution in [0.15, 0.2) is 133 Å². The van der Waals surface area contributed by atoms with Crippen molar-refractivity contribution in [3.05, 3.63) is 144 Å². The van der Waals surface area contributed by atoms with Crippen molar-refractivity contribution in [1.29, 1.82) is 0 Å². The van der Waals surface area contributed by atoms with Crippen LogP contribution >= 0.6 is 0 Å². The van der Waals surface area contributed by atoms with Crippen LogP contribution in [0.3, 0.4) is 0 Å². The van der Waals surface area contributed by atoms with Gasteiger partial charge in [-0.25, -0.2) is 0 Å². The van der Waals surface area contributed by atoms with Gasteiger partial charge in [-0.2, -0.15) is 0 Å². The van der Waals surface area contributed by atoms with E-state index in [1.165, 1.54) is 16.8 Å². The Kier molecular flexibility index (Phi) is 5.19. The first-order valence-electron chi connectivity index (χ1n) is 11.9. The summed E-state index contributed by atoms with van der Waals surface area (Å²) in [6.45, 7) is 2.60. The van der Waals surface area contributed by atoms with E-state index in [1.807, 2.05) is 0 Å². The van der Waals surface area contributed by atoms with Crippen LogP contribution in [0.25, 0.3) is 0 Å². The van der Waals surface area contributed by atoms with Gasteiger partial charge in [0, 0.05) is 24.5 Å². The number of benzene rings is 4. The zero-order valence-corrected chi connectivity index (χ0v) is 19.1. The molecule has 0 aromatic heterocycles. The smallest absolute Gasteiger partial charge is 0.156 e. The third kappa shape index (κ3) is 3.30. The van der Waals surface area contributed by atoms with Crippen LogP contribution in [-0.2, 0) is 5.54 Å². The number of nitrogens with zero attached hydrogens (tertiary/aromatic N) is 2. The molecule has 0 saturated carbocycles. The van der Waals surface area contributed by atoms with E-state index in [1.54, 1.807) is 0 Å². The summed E-state index contributed by atoms with van der Waals surface area (Å²) in [5.41, 5.74) is 4.44. The lowest BCUT2D eigenvalue weighted by Gasteiger charge is -2.40. The summed E-state index contributed by atoms with van der Waals surface area (Å²) in [4.78, 5) is 4.97. The van der Waals surface area contributed by atoms with Gasteiger partial charge in [0.2, 0.25) is 0 Å². The van der Waals surface area contributed by atoms with E-state index in [2.05, 4.69) is 142 Å². The number of rotatable bonds is 4. The molecule has 0 unspecified atom stereocenters. The molecule has 2 N–H and O–H groups in total. The second-order valence-corrected chi connectivity index (χ2v) is 8.74. The average molecular weight is 445 g/mol. The Hall–Kier alpha value is -4.18. The fourth-order valence-electron chi connectivity index (χ4n) is 5.29. The van der Waals surface area contributed by atoms with E-state index < -0.39 is 5.54 Å². The minimum absolute atomic E-state index is 0.423. The molecule has 2 saturated heterocycles. The molecule has 2 fully saturated rings. The summed E-state index contributed by atoms with van der Waals surface area (Å²) in [5.74, 6) is 2.21. The predicted molar refractivity (Wildman–Crippen MR) is 139 cm³/mol. The Bertz CT molecular complexity index is 1220. The second-order valence-electron chi connectivity index (χ2n) is 8.74. The second kappa shape index (κ2) is 8.64. The lowest BCUT2D eigenvalue weighted by Crippen LogP contribution is -2.44. The summed E-state index contributed by atoms with van der Waals surface area (Å²) in [6, 6.07) is 43.3. The highest BCUT2D eigenvalue weighted by Gasteiger charge is 2.52.